The van der Waals surface area contributed by atoms with Crippen molar-refractivity contribution >= 4 is 28.0 Å². The van der Waals surface area contributed by atoms with Gasteiger partial charge in [0.2, 0.25) is 0 Å². The number of benzene rings is 8. The molecule has 0 N–H and O–H groups in total. The predicted octanol–water partition coefficient (Wildman–Crippen LogP) is 14.2. The number of anilines is 3. The molecule has 0 aliphatic rings. The molecule has 0 atom stereocenters. The van der Waals surface area contributed by atoms with Gasteiger partial charge in [0.05, 0.1) is 11.4 Å². The van der Waals surface area contributed by atoms with E-state index < -0.39 is 0 Å². The van der Waals surface area contributed by atoms with Gasteiger partial charge in [-0.2, -0.15) is 0 Å². The van der Waals surface area contributed by atoms with E-state index in [0.29, 0.717) is 0 Å². The van der Waals surface area contributed by atoms with E-state index in [1.807, 2.05) is 12.1 Å². The van der Waals surface area contributed by atoms with E-state index in [1.54, 1.807) is 0 Å². The predicted molar refractivity (Wildman–Crippen MR) is 218 cm³/mol. The number of rotatable bonds is 8. The molecule has 0 radical (unpaired) electrons. The van der Waals surface area contributed by atoms with Crippen LogP contribution in [0.5, 0.6) is 0 Å². The second kappa shape index (κ2) is 13.8. The lowest BCUT2D eigenvalue weighted by Gasteiger charge is -2.29. The van der Waals surface area contributed by atoms with Gasteiger partial charge in [0.1, 0.15) is 11.3 Å². The molecular weight excluding hydrogens is 631 g/mol. The molecule has 52 heavy (non-hydrogen) atoms. The Kier molecular flexibility index (Phi) is 8.24. The maximum absolute atomic E-state index is 6.48. The molecule has 9 rings (SSSR count). The first-order chi connectivity index (χ1) is 25.8. The fourth-order valence-electron chi connectivity index (χ4n) is 7.28. The third-order valence-corrected chi connectivity index (χ3v) is 9.73. The summed E-state index contributed by atoms with van der Waals surface area (Å²) in [6.45, 7) is 0. The standard InChI is InChI=1S/C50H35NO/c1-3-17-36(18-4-1)41-22-8-10-25-44(41)45-26-11-9-23-42(45)38-31-33-40(34-32-38)51(47-28-14-12-24-43(47)37-19-5-2-6-20-37)48-29-15-13-27-46(48)50-35-39-21-7-16-30-49(39)52-50/h1-35H. The van der Waals surface area contributed by atoms with Crippen molar-refractivity contribution in [2.45, 2.75) is 0 Å². The zero-order chi connectivity index (χ0) is 34.7. The van der Waals surface area contributed by atoms with Crippen molar-refractivity contribution in [2.75, 3.05) is 4.90 Å². The third-order valence-electron chi connectivity index (χ3n) is 9.73. The Bertz CT molecular complexity index is 2590. The van der Waals surface area contributed by atoms with Crippen LogP contribution in [0.3, 0.4) is 0 Å². The van der Waals surface area contributed by atoms with Gasteiger partial charge in [-0.3, -0.25) is 0 Å². The molecular formula is C50H35NO. The lowest BCUT2D eigenvalue weighted by Crippen LogP contribution is -2.12. The van der Waals surface area contributed by atoms with Crippen molar-refractivity contribution in [3.8, 4) is 55.8 Å². The Morgan fingerprint density at radius 1 is 0.308 bits per heavy atom. The van der Waals surface area contributed by atoms with E-state index >= 15 is 0 Å². The normalized spacial score (nSPS) is 11.1. The van der Waals surface area contributed by atoms with Crippen molar-refractivity contribution in [3.05, 3.63) is 212 Å². The average molecular weight is 666 g/mol. The molecule has 0 unspecified atom stereocenters. The maximum Gasteiger partial charge on any atom is 0.137 e. The summed E-state index contributed by atoms with van der Waals surface area (Å²) in [6.07, 6.45) is 0. The Labute approximate surface area is 304 Å². The topological polar surface area (TPSA) is 16.4 Å². The molecule has 9 aromatic rings. The van der Waals surface area contributed by atoms with Gasteiger partial charge in [-0.15, -0.1) is 0 Å². The minimum atomic E-state index is 0.835. The van der Waals surface area contributed by atoms with E-state index in [9.17, 15) is 0 Å². The van der Waals surface area contributed by atoms with Gasteiger partial charge in [-0.25, -0.2) is 0 Å². The highest BCUT2D eigenvalue weighted by atomic mass is 16.3. The first kappa shape index (κ1) is 31.1. The van der Waals surface area contributed by atoms with Crippen molar-refractivity contribution in [1.82, 2.24) is 0 Å². The summed E-state index contributed by atoms with van der Waals surface area (Å²) in [5, 5.41) is 1.08. The van der Waals surface area contributed by atoms with E-state index in [4.69, 9.17) is 4.42 Å². The minimum absolute atomic E-state index is 0.835. The largest absolute Gasteiger partial charge is 0.456 e. The van der Waals surface area contributed by atoms with Crippen molar-refractivity contribution in [3.63, 3.8) is 0 Å². The summed E-state index contributed by atoms with van der Waals surface area (Å²) >= 11 is 0. The summed E-state index contributed by atoms with van der Waals surface area (Å²) in [6, 6.07) is 75.2. The second-order valence-corrected chi connectivity index (χ2v) is 12.9. The van der Waals surface area contributed by atoms with Gasteiger partial charge < -0.3 is 9.32 Å². The molecule has 0 fully saturated rings. The van der Waals surface area contributed by atoms with Gasteiger partial charge in [0.15, 0.2) is 0 Å². The lowest BCUT2D eigenvalue weighted by atomic mass is 9.89. The van der Waals surface area contributed by atoms with E-state index in [0.717, 1.165) is 56.0 Å². The smallest absolute Gasteiger partial charge is 0.137 e. The number of fused-ring (bicyclic) bond motifs is 1. The monoisotopic (exact) mass is 665 g/mol. The fraction of sp³-hybridized carbons (Fsp3) is 0. The SMILES string of the molecule is c1ccc(-c2ccccc2-c2ccccc2-c2ccc(N(c3ccccc3-c3ccccc3)c3ccccc3-c3cc4ccccc4o3)cc2)cc1. The zero-order valence-corrected chi connectivity index (χ0v) is 28.6. The van der Waals surface area contributed by atoms with Gasteiger partial charge in [-0.05, 0) is 81.4 Å². The van der Waals surface area contributed by atoms with Crippen molar-refractivity contribution < 1.29 is 4.42 Å². The first-order valence-electron chi connectivity index (χ1n) is 17.7. The Morgan fingerprint density at radius 3 is 1.33 bits per heavy atom. The molecule has 1 aromatic heterocycles. The quantitative estimate of drug-likeness (QED) is 0.161. The summed E-state index contributed by atoms with van der Waals surface area (Å²) in [4.78, 5) is 2.37. The molecule has 0 amide bonds. The molecule has 0 bridgehead atoms. The van der Waals surface area contributed by atoms with Gasteiger partial charge >= 0.3 is 0 Å². The van der Waals surface area contributed by atoms with Crippen LogP contribution in [0.1, 0.15) is 0 Å². The van der Waals surface area contributed by atoms with Crippen LogP contribution in [0, 0.1) is 0 Å². The van der Waals surface area contributed by atoms with E-state index in [-0.39, 0.29) is 0 Å². The molecule has 246 valence electrons. The van der Waals surface area contributed by atoms with Gasteiger partial charge in [0.25, 0.3) is 0 Å². The van der Waals surface area contributed by atoms with Crippen LogP contribution in [0.25, 0.3) is 66.8 Å². The zero-order valence-electron chi connectivity index (χ0n) is 28.6. The van der Waals surface area contributed by atoms with Crippen LogP contribution in [-0.2, 0) is 0 Å². The molecule has 2 nitrogen and oxygen atoms in total. The van der Waals surface area contributed by atoms with Crippen molar-refractivity contribution in [1.29, 1.82) is 0 Å². The molecule has 0 aliphatic carbocycles. The molecule has 1 heterocycles. The Hall–Kier alpha value is -6.90. The molecule has 0 saturated heterocycles. The van der Waals surface area contributed by atoms with Gasteiger partial charge in [0, 0.05) is 22.2 Å². The number of para-hydroxylation sites is 3. The van der Waals surface area contributed by atoms with Crippen molar-refractivity contribution in [2.24, 2.45) is 0 Å². The second-order valence-electron chi connectivity index (χ2n) is 12.9. The van der Waals surface area contributed by atoms with E-state index in [2.05, 4.69) is 205 Å². The third kappa shape index (κ3) is 5.87. The number of hydrogen-bond acceptors (Lipinski definition) is 2. The van der Waals surface area contributed by atoms with Crippen LogP contribution in [0.15, 0.2) is 217 Å². The molecule has 0 saturated carbocycles. The highest BCUT2D eigenvalue weighted by Gasteiger charge is 2.22. The summed E-state index contributed by atoms with van der Waals surface area (Å²) in [5.41, 5.74) is 14.6. The van der Waals surface area contributed by atoms with Crippen LogP contribution in [0.4, 0.5) is 17.1 Å². The fourth-order valence-corrected chi connectivity index (χ4v) is 7.28. The number of furan rings is 1. The number of hydrogen-bond donors (Lipinski definition) is 0. The van der Waals surface area contributed by atoms with Crippen LogP contribution in [-0.4, -0.2) is 0 Å². The minimum Gasteiger partial charge on any atom is -0.456 e. The Balaban J connectivity index is 1.20. The van der Waals surface area contributed by atoms with Gasteiger partial charge in [-0.1, -0.05) is 170 Å². The number of nitrogens with zero attached hydrogens (tertiary/aromatic N) is 1. The molecule has 8 aromatic carbocycles. The molecule has 0 aliphatic heterocycles. The molecule has 2 heteroatoms. The summed E-state index contributed by atoms with van der Waals surface area (Å²) in [7, 11) is 0. The maximum atomic E-state index is 6.48. The Morgan fingerprint density at radius 2 is 0.731 bits per heavy atom. The highest BCUT2D eigenvalue weighted by Crippen LogP contribution is 2.46. The molecule has 0 spiro atoms. The summed E-state index contributed by atoms with van der Waals surface area (Å²) < 4.78 is 6.48. The van der Waals surface area contributed by atoms with Crippen LogP contribution >= 0.6 is 0 Å². The average Bonchev–Trinajstić information content (AvgIpc) is 3.67. The van der Waals surface area contributed by atoms with Crippen LogP contribution < -0.4 is 4.90 Å². The lowest BCUT2D eigenvalue weighted by molar-refractivity contribution is 0.631. The highest BCUT2D eigenvalue weighted by molar-refractivity contribution is 5.96. The van der Waals surface area contributed by atoms with Crippen LogP contribution in [0.2, 0.25) is 0 Å². The van der Waals surface area contributed by atoms with E-state index in [1.165, 1.54) is 27.8 Å². The summed E-state index contributed by atoms with van der Waals surface area (Å²) in [5.74, 6) is 0.835. The first-order valence-corrected chi connectivity index (χ1v) is 17.7.